The lowest BCUT2D eigenvalue weighted by molar-refractivity contribution is 0.0896. The lowest BCUT2D eigenvalue weighted by atomic mass is 10.0. The number of hydrogen-bond donors (Lipinski definition) is 2. The average molecular weight is 237 g/mol. The Labute approximate surface area is 102 Å². The molecule has 0 aliphatic rings. The predicted octanol–water partition coefficient (Wildman–Crippen LogP) is 1.44. The summed E-state index contributed by atoms with van der Waals surface area (Å²) in [6.07, 6.45) is 0. The molecule has 0 fully saturated rings. The van der Waals surface area contributed by atoms with Crippen molar-refractivity contribution < 1.29 is 14.6 Å². The van der Waals surface area contributed by atoms with E-state index >= 15 is 0 Å². The highest BCUT2D eigenvalue weighted by Gasteiger charge is 2.16. The second-order valence-corrected chi connectivity index (χ2v) is 4.24. The third-order valence-corrected chi connectivity index (χ3v) is 2.65. The number of nitrogens with one attached hydrogen (secondary N) is 1. The van der Waals surface area contributed by atoms with Crippen molar-refractivity contribution in [1.82, 2.24) is 5.32 Å². The van der Waals surface area contributed by atoms with E-state index in [2.05, 4.69) is 5.32 Å². The molecule has 0 bridgehead atoms. The highest BCUT2D eigenvalue weighted by molar-refractivity contribution is 5.94. The number of aliphatic hydroxyl groups excluding tert-OH is 1. The van der Waals surface area contributed by atoms with Crippen LogP contribution in [0.3, 0.4) is 0 Å². The van der Waals surface area contributed by atoms with Gasteiger partial charge in [0, 0.05) is 5.56 Å². The van der Waals surface area contributed by atoms with Crippen LogP contribution in [0, 0.1) is 5.92 Å². The SMILES string of the molecule is COc1cccc(C(=O)NC(CO)C(C)C)c1. The van der Waals surface area contributed by atoms with Gasteiger partial charge in [-0.15, -0.1) is 0 Å². The minimum Gasteiger partial charge on any atom is -0.497 e. The minimum atomic E-state index is -0.228. The van der Waals surface area contributed by atoms with E-state index in [9.17, 15) is 4.79 Å². The first-order valence-corrected chi connectivity index (χ1v) is 5.64. The zero-order chi connectivity index (χ0) is 12.8. The van der Waals surface area contributed by atoms with E-state index in [1.54, 1.807) is 31.4 Å². The molecule has 1 aromatic carbocycles. The Morgan fingerprint density at radius 3 is 2.71 bits per heavy atom. The number of carbonyl (C=O) groups is 1. The van der Waals surface area contributed by atoms with Crippen LogP contribution in [0.5, 0.6) is 5.75 Å². The number of aliphatic hydroxyl groups is 1. The largest absolute Gasteiger partial charge is 0.497 e. The van der Waals surface area contributed by atoms with Crippen molar-refractivity contribution in [3.63, 3.8) is 0 Å². The van der Waals surface area contributed by atoms with E-state index < -0.39 is 0 Å². The van der Waals surface area contributed by atoms with Crippen LogP contribution in [-0.2, 0) is 0 Å². The number of carbonyl (C=O) groups excluding carboxylic acids is 1. The van der Waals surface area contributed by atoms with Gasteiger partial charge in [-0.3, -0.25) is 4.79 Å². The second kappa shape index (κ2) is 6.25. The molecule has 1 amide bonds. The summed E-state index contributed by atoms with van der Waals surface area (Å²) in [5.41, 5.74) is 0.531. The van der Waals surface area contributed by atoms with Crippen molar-refractivity contribution in [2.24, 2.45) is 5.92 Å². The lowest BCUT2D eigenvalue weighted by Crippen LogP contribution is -2.41. The summed E-state index contributed by atoms with van der Waals surface area (Å²) in [6.45, 7) is 3.84. The Morgan fingerprint density at radius 2 is 2.18 bits per heavy atom. The fourth-order valence-corrected chi connectivity index (χ4v) is 1.44. The molecule has 0 saturated heterocycles. The van der Waals surface area contributed by atoms with Crippen molar-refractivity contribution in [1.29, 1.82) is 0 Å². The molecular weight excluding hydrogens is 218 g/mol. The Balaban J connectivity index is 2.75. The summed E-state index contributed by atoms with van der Waals surface area (Å²) in [4.78, 5) is 11.9. The molecule has 1 aromatic rings. The first kappa shape index (κ1) is 13.5. The van der Waals surface area contributed by atoms with Gasteiger partial charge in [-0.05, 0) is 24.1 Å². The fourth-order valence-electron chi connectivity index (χ4n) is 1.44. The molecule has 0 aliphatic heterocycles. The first-order valence-electron chi connectivity index (χ1n) is 5.64. The Morgan fingerprint density at radius 1 is 1.47 bits per heavy atom. The van der Waals surface area contributed by atoms with Crippen LogP contribution in [0.2, 0.25) is 0 Å². The minimum absolute atomic E-state index is 0.0621. The average Bonchev–Trinajstić information content (AvgIpc) is 2.35. The highest BCUT2D eigenvalue weighted by Crippen LogP contribution is 2.13. The molecule has 0 saturated carbocycles. The molecule has 94 valence electrons. The van der Waals surface area contributed by atoms with Crippen molar-refractivity contribution in [3.05, 3.63) is 29.8 Å². The Kier molecular flexibility index (Phi) is 4.97. The molecule has 0 radical (unpaired) electrons. The molecule has 1 unspecified atom stereocenters. The van der Waals surface area contributed by atoms with Gasteiger partial charge >= 0.3 is 0 Å². The third-order valence-electron chi connectivity index (χ3n) is 2.65. The maximum atomic E-state index is 11.9. The summed E-state index contributed by atoms with van der Waals surface area (Å²) in [5.74, 6) is 0.633. The molecular formula is C13H19NO3. The monoisotopic (exact) mass is 237 g/mol. The second-order valence-electron chi connectivity index (χ2n) is 4.24. The number of hydrogen-bond acceptors (Lipinski definition) is 3. The van der Waals surface area contributed by atoms with E-state index in [1.165, 1.54) is 0 Å². The van der Waals surface area contributed by atoms with Crippen molar-refractivity contribution in [2.45, 2.75) is 19.9 Å². The van der Waals surface area contributed by atoms with E-state index in [1.807, 2.05) is 13.8 Å². The molecule has 1 rings (SSSR count). The van der Waals surface area contributed by atoms with Gasteiger partial charge < -0.3 is 15.2 Å². The maximum Gasteiger partial charge on any atom is 0.251 e. The molecule has 0 aromatic heterocycles. The number of benzene rings is 1. The molecule has 4 heteroatoms. The van der Waals surface area contributed by atoms with E-state index in [0.29, 0.717) is 11.3 Å². The fraction of sp³-hybridized carbons (Fsp3) is 0.462. The van der Waals surface area contributed by atoms with Gasteiger partial charge in [-0.2, -0.15) is 0 Å². The zero-order valence-corrected chi connectivity index (χ0v) is 10.4. The van der Waals surface area contributed by atoms with Crippen molar-refractivity contribution in [2.75, 3.05) is 13.7 Å². The quantitative estimate of drug-likeness (QED) is 0.814. The van der Waals surface area contributed by atoms with Gasteiger partial charge in [0.1, 0.15) is 5.75 Å². The van der Waals surface area contributed by atoms with E-state index in [4.69, 9.17) is 9.84 Å². The van der Waals surface area contributed by atoms with Gasteiger partial charge in [0.05, 0.1) is 19.8 Å². The molecule has 2 N–H and O–H groups in total. The van der Waals surface area contributed by atoms with Gasteiger partial charge in [-0.25, -0.2) is 0 Å². The zero-order valence-electron chi connectivity index (χ0n) is 10.4. The van der Waals surface area contributed by atoms with Crippen LogP contribution >= 0.6 is 0 Å². The number of rotatable bonds is 5. The maximum absolute atomic E-state index is 11.9. The summed E-state index contributed by atoms with van der Waals surface area (Å²) in [7, 11) is 1.56. The highest BCUT2D eigenvalue weighted by atomic mass is 16.5. The summed E-state index contributed by atoms with van der Waals surface area (Å²) >= 11 is 0. The van der Waals surface area contributed by atoms with Gasteiger partial charge in [0.2, 0.25) is 0 Å². The number of methoxy groups -OCH3 is 1. The summed E-state index contributed by atoms with van der Waals surface area (Å²) in [6, 6.07) is 6.70. The van der Waals surface area contributed by atoms with E-state index in [0.717, 1.165) is 0 Å². The van der Waals surface area contributed by atoms with E-state index in [-0.39, 0.29) is 24.5 Å². The molecule has 1 atom stereocenters. The Bertz CT molecular complexity index is 377. The van der Waals surface area contributed by atoms with Crippen LogP contribution in [0.4, 0.5) is 0 Å². The summed E-state index contributed by atoms with van der Waals surface area (Å²) < 4.78 is 5.05. The van der Waals surface area contributed by atoms with Crippen LogP contribution < -0.4 is 10.1 Å². The molecule has 0 aliphatic carbocycles. The smallest absolute Gasteiger partial charge is 0.251 e. The first-order chi connectivity index (χ1) is 8.08. The summed E-state index contributed by atoms with van der Waals surface area (Å²) in [5, 5.41) is 11.9. The van der Waals surface area contributed by atoms with Crippen LogP contribution in [0.15, 0.2) is 24.3 Å². The third kappa shape index (κ3) is 3.75. The normalized spacial score (nSPS) is 12.3. The standard InChI is InChI=1S/C13H19NO3/c1-9(2)12(8-15)14-13(16)10-5-4-6-11(7-10)17-3/h4-7,9,12,15H,8H2,1-3H3,(H,14,16). The van der Waals surface area contributed by atoms with Crippen LogP contribution in [-0.4, -0.2) is 30.8 Å². The molecule has 4 nitrogen and oxygen atoms in total. The van der Waals surface area contributed by atoms with Crippen LogP contribution in [0.25, 0.3) is 0 Å². The van der Waals surface area contributed by atoms with Crippen LogP contribution in [0.1, 0.15) is 24.2 Å². The predicted molar refractivity (Wildman–Crippen MR) is 66.2 cm³/mol. The molecule has 0 heterocycles. The van der Waals surface area contributed by atoms with Gasteiger partial charge in [0.25, 0.3) is 5.91 Å². The Hall–Kier alpha value is -1.55. The van der Waals surface area contributed by atoms with Gasteiger partial charge in [0.15, 0.2) is 0 Å². The van der Waals surface area contributed by atoms with Gasteiger partial charge in [-0.1, -0.05) is 19.9 Å². The topological polar surface area (TPSA) is 58.6 Å². The number of ether oxygens (including phenoxy) is 1. The molecule has 17 heavy (non-hydrogen) atoms. The van der Waals surface area contributed by atoms with Crippen molar-refractivity contribution in [3.8, 4) is 5.75 Å². The van der Waals surface area contributed by atoms with Crippen molar-refractivity contribution >= 4 is 5.91 Å². The molecule has 0 spiro atoms. The lowest BCUT2D eigenvalue weighted by Gasteiger charge is -2.19. The number of amides is 1.